The van der Waals surface area contributed by atoms with Crippen LogP contribution in [0.15, 0.2) is 24.3 Å². The molecule has 1 saturated carbocycles. The molecule has 1 aliphatic rings. The number of anilines is 1. The Morgan fingerprint density at radius 3 is 2.50 bits per heavy atom. The number of hydrogen-bond donors (Lipinski definition) is 2. The Labute approximate surface area is 107 Å². The quantitative estimate of drug-likeness (QED) is 0.854. The van der Waals surface area contributed by atoms with Crippen LogP contribution >= 0.6 is 0 Å². The van der Waals surface area contributed by atoms with Crippen LogP contribution in [0.25, 0.3) is 0 Å². The fourth-order valence-electron chi connectivity index (χ4n) is 2.57. The first-order chi connectivity index (χ1) is 8.58. The van der Waals surface area contributed by atoms with E-state index in [1.54, 1.807) is 4.90 Å². The fourth-order valence-corrected chi connectivity index (χ4v) is 2.57. The van der Waals surface area contributed by atoms with Crippen molar-refractivity contribution < 1.29 is 15.0 Å². The van der Waals surface area contributed by atoms with Gasteiger partial charge in [0.15, 0.2) is 0 Å². The van der Waals surface area contributed by atoms with Crippen LogP contribution in [0, 0.1) is 6.92 Å². The Balaban J connectivity index is 2.24. The fraction of sp³-hybridized carbons (Fsp3) is 0.500. The third kappa shape index (κ3) is 2.82. The van der Waals surface area contributed by atoms with Crippen molar-refractivity contribution in [3.8, 4) is 0 Å². The van der Waals surface area contributed by atoms with Crippen LogP contribution in [0.4, 0.5) is 5.69 Å². The number of hydrogen-bond acceptors (Lipinski definition) is 3. The predicted octanol–water partition coefficient (Wildman–Crippen LogP) is 1.80. The minimum Gasteiger partial charge on any atom is -0.480 e. The van der Waals surface area contributed by atoms with E-state index in [1.807, 2.05) is 31.2 Å². The second-order valence-electron chi connectivity index (χ2n) is 4.92. The Kier molecular flexibility index (Phi) is 3.87. The number of aryl methyl sites for hydroxylation is 1. The van der Waals surface area contributed by atoms with Crippen molar-refractivity contribution in [3.63, 3.8) is 0 Å². The molecule has 0 aliphatic heterocycles. The van der Waals surface area contributed by atoms with Crippen molar-refractivity contribution in [2.75, 3.05) is 11.4 Å². The lowest BCUT2D eigenvalue weighted by Crippen LogP contribution is -2.43. The predicted molar refractivity (Wildman–Crippen MR) is 69.8 cm³/mol. The minimum absolute atomic E-state index is 0.0647. The van der Waals surface area contributed by atoms with Crippen molar-refractivity contribution in [2.24, 2.45) is 0 Å². The third-order valence-corrected chi connectivity index (χ3v) is 3.52. The zero-order chi connectivity index (χ0) is 13.1. The van der Waals surface area contributed by atoms with Crippen molar-refractivity contribution in [2.45, 2.75) is 38.3 Å². The molecule has 2 rings (SSSR count). The van der Waals surface area contributed by atoms with E-state index in [0.717, 1.165) is 30.5 Å². The molecule has 0 heterocycles. The Bertz CT molecular complexity index is 416. The van der Waals surface area contributed by atoms with Crippen LogP contribution in [0.1, 0.15) is 24.8 Å². The number of nitrogens with zero attached hydrogens (tertiary/aromatic N) is 1. The normalized spacial score (nSPS) is 23.0. The van der Waals surface area contributed by atoms with Crippen LogP contribution in [-0.4, -0.2) is 34.9 Å². The van der Waals surface area contributed by atoms with Gasteiger partial charge in [-0.3, -0.25) is 4.79 Å². The zero-order valence-electron chi connectivity index (χ0n) is 10.5. The summed E-state index contributed by atoms with van der Waals surface area (Å²) in [5, 5.41) is 19.0. The molecule has 98 valence electrons. The maximum absolute atomic E-state index is 11.0. The molecule has 0 amide bonds. The molecule has 2 N–H and O–H groups in total. The van der Waals surface area contributed by atoms with Gasteiger partial charge in [-0.2, -0.15) is 0 Å². The van der Waals surface area contributed by atoms with Gasteiger partial charge in [-0.05, 0) is 38.3 Å². The van der Waals surface area contributed by atoms with Crippen molar-refractivity contribution in [1.29, 1.82) is 0 Å². The van der Waals surface area contributed by atoms with E-state index in [9.17, 15) is 9.90 Å². The zero-order valence-corrected chi connectivity index (χ0v) is 10.5. The third-order valence-electron chi connectivity index (χ3n) is 3.52. The van der Waals surface area contributed by atoms with E-state index in [-0.39, 0.29) is 12.6 Å². The number of carboxylic acid groups (broad SMARTS) is 1. The molecule has 18 heavy (non-hydrogen) atoms. The maximum atomic E-state index is 11.0. The van der Waals surface area contributed by atoms with Crippen LogP contribution in [0.3, 0.4) is 0 Å². The smallest absolute Gasteiger partial charge is 0.323 e. The van der Waals surface area contributed by atoms with Crippen LogP contribution in [0.5, 0.6) is 0 Å². The molecule has 1 aliphatic carbocycles. The first kappa shape index (κ1) is 12.9. The van der Waals surface area contributed by atoms with Gasteiger partial charge < -0.3 is 15.1 Å². The summed E-state index contributed by atoms with van der Waals surface area (Å²) < 4.78 is 0. The number of aliphatic carboxylic acids is 1. The molecule has 0 spiro atoms. The lowest BCUT2D eigenvalue weighted by Gasteiger charge is -2.31. The first-order valence-corrected chi connectivity index (χ1v) is 6.31. The van der Waals surface area contributed by atoms with Gasteiger partial charge in [-0.1, -0.05) is 17.7 Å². The van der Waals surface area contributed by atoms with Crippen molar-refractivity contribution in [1.82, 2.24) is 0 Å². The summed E-state index contributed by atoms with van der Waals surface area (Å²) in [7, 11) is 0. The summed E-state index contributed by atoms with van der Waals surface area (Å²) in [5.74, 6) is -0.866. The Morgan fingerprint density at radius 2 is 2.00 bits per heavy atom. The number of carbonyl (C=O) groups is 1. The molecule has 1 aromatic rings. The molecule has 4 nitrogen and oxygen atoms in total. The topological polar surface area (TPSA) is 60.8 Å². The SMILES string of the molecule is Cc1ccc(N(CC(=O)O)C2CCCC2O)cc1. The highest BCUT2D eigenvalue weighted by molar-refractivity contribution is 5.74. The maximum Gasteiger partial charge on any atom is 0.323 e. The van der Waals surface area contributed by atoms with Crippen LogP contribution in [-0.2, 0) is 4.79 Å². The highest BCUT2D eigenvalue weighted by atomic mass is 16.4. The Hall–Kier alpha value is -1.55. The van der Waals surface area contributed by atoms with E-state index < -0.39 is 12.1 Å². The molecule has 1 aromatic carbocycles. The molecule has 0 saturated heterocycles. The summed E-state index contributed by atoms with van der Waals surface area (Å²) in [4.78, 5) is 12.8. The first-order valence-electron chi connectivity index (χ1n) is 6.31. The molecule has 0 bridgehead atoms. The number of aliphatic hydroxyl groups excluding tert-OH is 1. The monoisotopic (exact) mass is 249 g/mol. The second-order valence-corrected chi connectivity index (χ2v) is 4.92. The van der Waals surface area contributed by atoms with Gasteiger partial charge in [0, 0.05) is 5.69 Å². The molecular weight excluding hydrogens is 230 g/mol. The average molecular weight is 249 g/mol. The summed E-state index contributed by atoms with van der Waals surface area (Å²) in [6.45, 7) is 1.93. The van der Waals surface area contributed by atoms with E-state index >= 15 is 0 Å². The molecule has 0 radical (unpaired) electrons. The van der Waals surface area contributed by atoms with Crippen molar-refractivity contribution >= 4 is 11.7 Å². The minimum atomic E-state index is -0.866. The number of aliphatic hydroxyl groups is 1. The molecule has 4 heteroatoms. The lowest BCUT2D eigenvalue weighted by atomic mass is 10.1. The molecule has 0 aromatic heterocycles. The van der Waals surface area contributed by atoms with Gasteiger partial charge >= 0.3 is 5.97 Å². The van der Waals surface area contributed by atoms with E-state index in [1.165, 1.54) is 0 Å². The molecule has 2 unspecified atom stereocenters. The number of rotatable bonds is 4. The van der Waals surface area contributed by atoms with Crippen LogP contribution < -0.4 is 4.90 Å². The van der Waals surface area contributed by atoms with Crippen molar-refractivity contribution in [3.05, 3.63) is 29.8 Å². The number of carboxylic acids is 1. The Morgan fingerprint density at radius 1 is 1.33 bits per heavy atom. The summed E-state index contributed by atoms with van der Waals surface area (Å²) >= 11 is 0. The highest BCUT2D eigenvalue weighted by Crippen LogP contribution is 2.28. The van der Waals surface area contributed by atoms with Gasteiger partial charge in [0.2, 0.25) is 0 Å². The van der Waals surface area contributed by atoms with E-state index in [0.29, 0.717) is 0 Å². The standard InChI is InChI=1S/C14H19NO3/c1-10-5-7-11(8-6-10)15(9-14(17)18)12-3-2-4-13(12)16/h5-8,12-13,16H,2-4,9H2,1H3,(H,17,18). The molecule has 2 atom stereocenters. The van der Waals surface area contributed by atoms with E-state index in [2.05, 4.69) is 0 Å². The average Bonchev–Trinajstić information content (AvgIpc) is 2.73. The van der Waals surface area contributed by atoms with Gasteiger partial charge in [-0.25, -0.2) is 0 Å². The van der Waals surface area contributed by atoms with Gasteiger partial charge in [-0.15, -0.1) is 0 Å². The summed E-state index contributed by atoms with van der Waals surface area (Å²) in [6.07, 6.45) is 2.13. The highest BCUT2D eigenvalue weighted by Gasteiger charge is 2.31. The summed E-state index contributed by atoms with van der Waals surface area (Å²) in [6, 6.07) is 7.69. The molecule has 1 fully saturated rings. The van der Waals surface area contributed by atoms with Gasteiger partial charge in [0.1, 0.15) is 6.54 Å². The number of benzene rings is 1. The van der Waals surface area contributed by atoms with Gasteiger partial charge in [0.05, 0.1) is 12.1 Å². The summed E-state index contributed by atoms with van der Waals surface area (Å²) in [5.41, 5.74) is 2.01. The second kappa shape index (κ2) is 5.40. The van der Waals surface area contributed by atoms with E-state index in [4.69, 9.17) is 5.11 Å². The molecular formula is C14H19NO3. The largest absolute Gasteiger partial charge is 0.480 e. The lowest BCUT2D eigenvalue weighted by molar-refractivity contribution is -0.135. The van der Waals surface area contributed by atoms with Crippen LogP contribution in [0.2, 0.25) is 0 Å². The van der Waals surface area contributed by atoms with Gasteiger partial charge in [0.25, 0.3) is 0 Å².